The molecule has 0 radical (unpaired) electrons. The summed E-state index contributed by atoms with van der Waals surface area (Å²) in [7, 11) is 0. The van der Waals surface area contributed by atoms with Crippen molar-refractivity contribution >= 4 is 46.8 Å². The molecule has 35 heavy (non-hydrogen) atoms. The molecule has 0 aliphatic carbocycles. The van der Waals surface area contributed by atoms with Crippen molar-refractivity contribution < 1.29 is 24.2 Å². The normalized spacial score (nSPS) is 30.8. The number of thioether (sulfide) groups is 1. The summed E-state index contributed by atoms with van der Waals surface area (Å²) >= 11 is 8.04. The third kappa shape index (κ3) is 4.09. The lowest BCUT2D eigenvalue weighted by molar-refractivity contribution is -0.154. The summed E-state index contributed by atoms with van der Waals surface area (Å²) in [6.07, 6.45) is 4.79. The standard InChI is InChI=1S/C26H31ClN2O5S/c1-4-13-28(18-10-7-6-9-17(18)27)23(32)21-26-12-11-25(3,35-26)20(24(33)34-16-5-2)19(26)22(31)29(21)14-8-15-30/h4-7,9-10,19-21,30H,1-2,8,11-16H2,3H3/t19-,20-,21?,25+,26?/m0/s1. The predicted molar refractivity (Wildman–Crippen MR) is 137 cm³/mol. The lowest BCUT2D eigenvalue weighted by Crippen LogP contribution is -2.55. The van der Waals surface area contributed by atoms with Crippen molar-refractivity contribution in [2.75, 3.05) is 31.2 Å². The zero-order valence-electron chi connectivity index (χ0n) is 19.8. The number of benzene rings is 1. The van der Waals surface area contributed by atoms with Crippen molar-refractivity contribution in [3.8, 4) is 0 Å². The number of carbonyl (C=O) groups is 3. The Morgan fingerprint density at radius 1 is 1.31 bits per heavy atom. The SMILES string of the molecule is C=CCOC(=O)[C@@H]1[C@H]2C(=O)N(CCCO)C(C(=O)N(CC=C)c3ccccc3Cl)C23CC[C@@]1(C)S3. The molecule has 3 aliphatic rings. The maximum atomic E-state index is 14.3. The van der Waals surface area contributed by atoms with Crippen molar-refractivity contribution in [2.24, 2.45) is 11.8 Å². The van der Waals surface area contributed by atoms with Crippen LogP contribution < -0.4 is 4.90 Å². The Balaban J connectivity index is 1.79. The number of hydrogen-bond donors (Lipinski definition) is 1. The number of amides is 2. The Hall–Kier alpha value is -2.29. The number of likely N-dealkylation sites (tertiary alicyclic amines) is 1. The van der Waals surface area contributed by atoms with Gasteiger partial charge in [-0.05, 0) is 38.3 Å². The number of para-hydroxylation sites is 1. The van der Waals surface area contributed by atoms with Crippen molar-refractivity contribution in [1.82, 2.24) is 4.90 Å². The fourth-order valence-electron chi connectivity index (χ4n) is 6.03. The first kappa shape index (κ1) is 25.8. The third-order valence-electron chi connectivity index (χ3n) is 7.39. The molecule has 1 N–H and O–H groups in total. The summed E-state index contributed by atoms with van der Waals surface area (Å²) in [5.41, 5.74) is 0.541. The summed E-state index contributed by atoms with van der Waals surface area (Å²) in [4.78, 5) is 44.5. The van der Waals surface area contributed by atoms with Crippen LogP contribution in [0.2, 0.25) is 5.02 Å². The molecule has 0 aromatic heterocycles. The number of rotatable bonds is 10. The Morgan fingerprint density at radius 2 is 2.06 bits per heavy atom. The molecule has 9 heteroatoms. The van der Waals surface area contributed by atoms with Gasteiger partial charge < -0.3 is 19.6 Å². The van der Waals surface area contributed by atoms with Gasteiger partial charge in [0.05, 0.1) is 27.3 Å². The van der Waals surface area contributed by atoms with Gasteiger partial charge >= 0.3 is 5.97 Å². The smallest absolute Gasteiger partial charge is 0.311 e. The van der Waals surface area contributed by atoms with E-state index in [4.69, 9.17) is 16.3 Å². The maximum absolute atomic E-state index is 14.3. The fourth-order valence-corrected chi connectivity index (χ4v) is 8.61. The van der Waals surface area contributed by atoms with Crippen LogP contribution in [0.4, 0.5) is 5.69 Å². The van der Waals surface area contributed by atoms with Crippen LogP contribution in [-0.4, -0.2) is 69.6 Å². The van der Waals surface area contributed by atoms with E-state index in [9.17, 15) is 19.5 Å². The van der Waals surface area contributed by atoms with Crippen LogP contribution in [0.5, 0.6) is 0 Å². The van der Waals surface area contributed by atoms with Gasteiger partial charge in [0.2, 0.25) is 5.91 Å². The molecule has 4 rings (SSSR count). The van der Waals surface area contributed by atoms with E-state index >= 15 is 0 Å². The van der Waals surface area contributed by atoms with E-state index in [0.717, 1.165) is 0 Å². The average Bonchev–Trinajstić information content (AvgIpc) is 3.40. The number of hydrogen-bond acceptors (Lipinski definition) is 6. The molecule has 2 unspecified atom stereocenters. The van der Waals surface area contributed by atoms with E-state index in [-0.39, 0.29) is 38.1 Å². The summed E-state index contributed by atoms with van der Waals surface area (Å²) < 4.78 is 4.15. The van der Waals surface area contributed by atoms with Gasteiger partial charge in [-0.1, -0.05) is 42.5 Å². The minimum absolute atomic E-state index is 0.0696. The van der Waals surface area contributed by atoms with Crippen LogP contribution in [0.1, 0.15) is 26.2 Å². The largest absolute Gasteiger partial charge is 0.461 e. The first-order valence-electron chi connectivity index (χ1n) is 11.8. The number of aliphatic hydroxyl groups excluding tert-OH is 1. The number of fused-ring (bicyclic) bond motifs is 1. The lowest BCUT2D eigenvalue weighted by Gasteiger charge is -2.37. The molecular formula is C26H31ClN2O5S. The van der Waals surface area contributed by atoms with Crippen LogP contribution in [0.25, 0.3) is 0 Å². The Labute approximate surface area is 215 Å². The number of carbonyl (C=O) groups excluding carboxylic acids is 3. The Morgan fingerprint density at radius 3 is 2.71 bits per heavy atom. The molecular weight excluding hydrogens is 488 g/mol. The molecule has 188 valence electrons. The third-order valence-corrected chi connectivity index (χ3v) is 9.69. The summed E-state index contributed by atoms with van der Waals surface area (Å²) in [5.74, 6) is -2.25. The molecule has 2 amide bonds. The maximum Gasteiger partial charge on any atom is 0.311 e. The van der Waals surface area contributed by atoms with Crippen molar-refractivity contribution in [3.63, 3.8) is 0 Å². The molecule has 5 atom stereocenters. The number of ether oxygens (including phenoxy) is 1. The van der Waals surface area contributed by atoms with E-state index in [1.807, 2.05) is 6.92 Å². The van der Waals surface area contributed by atoms with E-state index in [0.29, 0.717) is 30.0 Å². The Bertz CT molecular complexity index is 1050. The average molecular weight is 519 g/mol. The second-order valence-electron chi connectivity index (χ2n) is 9.44. The van der Waals surface area contributed by atoms with Crippen LogP contribution >= 0.6 is 23.4 Å². The highest BCUT2D eigenvalue weighted by molar-refractivity contribution is 8.02. The number of esters is 1. The lowest BCUT2D eigenvalue weighted by atomic mass is 9.66. The monoisotopic (exact) mass is 518 g/mol. The molecule has 1 spiro atoms. The van der Waals surface area contributed by atoms with Crippen LogP contribution in [0.15, 0.2) is 49.6 Å². The van der Waals surface area contributed by atoms with Crippen molar-refractivity contribution in [1.29, 1.82) is 0 Å². The quantitative estimate of drug-likeness (QED) is 0.377. The number of aliphatic hydroxyl groups is 1. The summed E-state index contributed by atoms with van der Waals surface area (Å²) in [6, 6.07) is 6.28. The summed E-state index contributed by atoms with van der Waals surface area (Å²) in [6.45, 7) is 9.81. The molecule has 3 heterocycles. The molecule has 1 aromatic rings. The molecule has 2 bridgehead atoms. The molecule has 3 saturated heterocycles. The minimum Gasteiger partial charge on any atom is -0.461 e. The zero-order chi connectivity index (χ0) is 25.4. The van der Waals surface area contributed by atoms with Gasteiger partial charge in [0.1, 0.15) is 12.6 Å². The van der Waals surface area contributed by atoms with Gasteiger partial charge in [-0.3, -0.25) is 14.4 Å². The minimum atomic E-state index is -0.799. The van der Waals surface area contributed by atoms with Gasteiger partial charge in [0.15, 0.2) is 0 Å². The molecule has 3 aliphatic heterocycles. The first-order chi connectivity index (χ1) is 16.8. The van der Waals surface area contributed by atoms with Gasteiger partial charge in [-0.25, -0.2) is 0 Å². The van der Waals surface area contributed by atoms with Gasteiger partial charge in [0, 0.05) is 24.4 Å². The fraction of sp³-hybridized carbons (Fsp3) is 0.500. The predicted octanol–water partition coefficient (Wildman–Crippen LogP) is 3.45. The van der Waals surface area contributed by atoms with Crippen molar-refractivity contribution in [3.05, 3.63) is 54.6 Å². The van der Waals surface area contributed by atoms with E-state index in [2.05, 4.69) is 13.2 Å². The van der Waals surface area contributed by atoms with Gasteiger partial charge in [-0.15, -0.1) is 18.3 Å². The van der Waals surface area contributed by atoms with E-state index in [1.165, 1.54) is 6.08 Å². The molecule has 0 saturated carbocycles. The number of anilines is 1. The second-order valence-corrected chi connectivity index (χ2v) is 11.7. The highest BCUT2D eigenvalue weighted by Crippen LogP contribution is 2.71. The van der Waals surface area contributed by atoms with Gasteiger partial charge in [0.25, 0.3) is 5.91 Å². The highest BCUT2D eigenvalue weighted by Gasteiger charge is 2.77. The zero-order valence-corrected chi connectivity index (χ0v) is 21.4. The van der Waals surface area contributed by atoms with E-state index in [1.54, 1.807) is 51.9 Å². The molecule has 1 aromatic carbocycles. The van der Waals surface area contributed by atoms with Crippen LogP contribution in [0, 0.1) is 11.8 Å². The molecule has 3 fully saturated rings. The second kappa shape index (κ2) is 9.99. The molecule has 7 nitrogen and oxygen atoms in total. The topological polar surface area (TPSA) is 87.1 Å². The van der Waals surface area contributed by atoms with Crippen molar-refractivity contribution in [2.45, 2.75) is 41.7 Å². The number of nitrogens with zero attached hydrogens (tertiary/aromatic N) is 2. The summed E-state index contributed by atoms with van der Waals surface area (Å²) in [5, 5.41) is 9.92. The van der Waals surface area contributed by atoms with Crippen LogP contribution in [-0.2, 0) is 19.1 Å². The van der Waals surface area contributed by atoms with E-state index < -0.39 is 33.3 Å². The Kier molecular flexibility index (Phi) is 7.36. The first-order valence-corrected chi connectivity index (χ1v) is 13.0. The van der Waals surface area contributed by atoms with Crippen LogP contribution in [0.3, 0.4) is 0 Å². The van der Waals surface area contributed by atoms with Gasteiger partial charge in [-0.2, -0.15) is 0 Å². The highest BCUT2D eigenvalue weighted by atomic mass is 35.5. The number of halogens is 1.